The number of aromatic nitrogens is 2. The lowest BCUT2D eigenvalue weighted by atomic mass is 10.3. The Morgan fingerprint density at radius 2 is 2.16 bits per heavy atom. The van der Waals surface area contributed by atoms with Crippen molar-refractivity contribution in [3.8, 4) is 5.75 Å². The monoisotopic (exact) mass is 377 g/mol. The van der Waals surface area contributed by atoms with Crippen LogP contribution in [0.15, 0.2) is 34.2 Å². The van der Waals surface area contributed by atoms with Crippen LogP contribution < -0.4 is 15.6 Å². The van der Waals surface area contributed by atoms with Crippen molar-refractivity contribution < 1.29 is 9.53 Å². The normalized spacial score (nSPS) is 14.0. The van der Waals surface area contributed by atoms with E-state index in [0.717, 1.165) is 22.8 Å². The highest BCUT2D eigenvalue weighted by atomic mass is 32.2. The van der Waals surface area contributed by atoms with Gasteiger partial charge in [0.1, 0.15) is 5.75 Å². The Morgan fingerprint density at radius 1 is 1.40 bits per heavy atom. The SMILES string of the molecule is CCOc1ccc(NC(=O)C(C)Sc2nc3c(c(=O)[nH]2)CSC3)cc1. The number of carbonyl (C=O) groups excluding carboxylic acids is 1. The van der Waals surface area contributed by atoms with Crippen molar-refractivity contribution in [3.63, 3.8) is 0 Å². The van der Waals surface area contributed by atoms with Gasteiger partial charge < -0.3 is 15.0 Å². The standard InChI is InChI=1S/C17H19N3O3S2/c1-3-23-12-6-4-11(5-7-12)18-15(21)10(2)25-17-19-14-9-24-8-13(14)16(22)20-17/h4-7,10H,3,8-9H2,1-2H3,(H,18,21)(H,19,20,22). The summed E-state index contributed by atoms with van der Waals surface area (Å²) < 4.78 is 5.38. The number of benzene rings is 1. The number of thioether (sulfide) groups is 2. The van der Waals surface area contributed by atoms with E-state index in [-0.39, 0.29) is 16.7 Å². The highest BCUT2D eigenvalue weighted by molar-refractivity contribution is 8.00. The number of nitrogens with one attached hydrogen (secondary N) is 2. The molecule has 1 aliphatic heterocycles. The summed E-state index contributed by atoms with van der Waals surface area (Å²) in [4.78, 5) is 31.6. The predicted molar refractivity (Wildman–Crippen MR) is 101 cm³/mol. The molecule has 0 saturated carbocycles. The summed E-state index contributed by atoms with van der Waals surface area (Å²) in [5.74, 6) is 2.07. The van der Waals surface area contributed by atoms with E-state index in [1.807, 2.05) is 19.1 Å². The number of carbonyl (C=O) groups is 1. The zero-order valence-corrected chi connectivity index (χ0v) is 15.6. The molecule has 0 radical (unpaired) electrons. The van der Waals surface area contributed by atoms with Crippen LogP contribution in [0.5, 0.6) is 5.75 Å². The fraction of sp³-hybridized carbons (Fsp3) is 0.353. The van der Waals surface area contributed by atoms with E-state index in [4.69, 9.17) is 4.74 Å². The molecule has 0 bridgehead atoms. The van der Waals surface area contributed by atoms with E-state index >= 15 is 0 Å². The fourth-order valence-corrected chi connectivity index (χ4v) is 4.21. The predicted octanol–water partition coefficient (Wildman–Crippen LogP) is 3.03. The molecule has 0 fully saturated rings. The van der Waals surface area contributed by atoms with E-state index in [9.17, 15) is 9.59 Å². The molecule has 2 aromatic rings. The summed E-state index contributed by atoms with van der Waals surface area (Å²) in [5.41, 5.74) is 2.18. The van der Waals surface area contributed by atoms with Gasteiger partial charge in [-0.3, -0.25) is 9.59 Å². The first-order valence-corrected chi connectivity index (χ1v) is 10.0. The van der Waals surface area contributed by atoms with Crippen LogP contribution >= 0.6 is 23.5 Å². The average molecular weight is 377 g/mol. The molecule has 8 heteroatoms. The maximum atomic E-state index is 12.4. The molecule has 2 heterocycles. The summed E-state index contributed by atoms with van der Waals surface area (Å²) in [6.07, 6.45) is 0. The van der Waals surface area contributed by atoms with Crippen molar-refractivity contribution in [2.24, 2.45) is 0 Å². The van der Waals surface area contributed by atoms with Crippen molar-refractivity contribution >= 4 is 35.1 Å². The molecule has 25 heavy (non-hydrogen) atoms. The molecule has 0 aliphatic carbocycles. The number of H-pyrrole nitrogens is 1. The number of fused-ring (bicyclic) bond motifs is 1. The topological polar surface area (TPSA) is 84.1 Å². The Hall–Kier alpha value is -1.93. The Balaban J connectivity index is 1.63. The molecule has 1 atom stereocenters. The number of ether oxygens (including phenoxy) is 1. The van der Waals surface area contributed by atoms with Crippen LogP contribution in [-0.4, -0.2) is 27.7 Å². The average Bonchev–Trinajstić information content (AvgIpc) is 3.06. The zero-order valence-electron chi connectivity index (χ0n) is 14.0. The molecule has 1 unspecified atom stereocenters. The highest BCUT2D eigenvalue weighted by Crippen LogP contribution is 2.28. The zero-order chi connectivity index (χ0) is 17.8. The van der Waals surface area contributed by atoms with Crippen LogP contribution in [0, 0.1) is 0 Å². The van der Waals surface area contributed by atoms with Crippen LogP contribution in [0.25, 0.3) is 0 Å². The molecule has 132 valence electrons. The summed E-state index contributed by atoms with van der Waals surface area (Å²) >= 11 is 2.93. The van der Waals surface area contributed by atoms with Crippen molar-refractivity contribution in [2.45, 2.75) is 35.8 Å². The Morgan fingerprint density at radius 3 is 2.88 bits per heavy atom. The van der Waals surface area contributed by atoms with Crippen LogP contribution in [0.4, 0.5) is 5.69 Å². The van der Waals surface area contributed by atoms with Gasteiger partial charge in [0.2, 0.25) is 5.91 Å². The van der Waals surface area contributed by atoms with Crippen molar-refractivity contribution in [2.75, 3.05) is 11.9 Å². The van der Waals surface area contributed by atoms with Gasteiger partial charge in [-0.15, -0.1) is 0 Å². The third-order valence-corrected chi connectivity index (χ3v) is 5.61. The molecule has 6 nitrogen and oxygen atoms in total. The van der Waals surface area contributed by atoms with E-state index < -0.39 is 0 Å². The van der Waals surface area contributed by atoms with E-state index in [2.05, 4.69) is 15.3 Å². The largest absolute Gasteiger partial charge is 0.494 e. The van der Waals surface area contributed by atoms with Crippen molar-refractivity contribution in [3.05, 3.63) is 45.9 Å². The Kier molecular flexibility index (Phi) is 5.70. The highest BCUT2D eigenvalue weighted by Gasteiger charge is 2.21. The minimum absolute atomic E-state index is 0.100. The van der Waals surface area contributed by atoms with E-state index in [1.165, 1.54) is 11.8 Å². The van der Waals surface area contributed by atoms with Gasteiger partial charge in [-0.2, -0.15) is 11.8 Å². The number of amides is 1. The number of rotatable bonds is 6. The summed E-state index contributed by atoms with van der Waals surface area (Å²) in [6.45, 7) is 4.31. The van der Waals surface area contributed by atoms with Crippen LogP contribution in [0.3, 0.4) is 0 Å². The van der Waals surface area contributed by atoms with Gasteiger partial charge in [0, 0.05) is 22.8 Å². The van der Waals surface area contributed by atoms with Crippen molar-refractivity contribution in [1.29, 1.82) is 0 Å². The smallest absolute Gasteiger partial charge is 0.255 e. The van der Waals surface area contributed by atoms with Gasteiger partial charge in [-0.05, 0) is 38.1 Å². The molecule has 2 N–H and O–H groups in total. The maximum Gasteiger partial charge on any atom is 0.255 e. The number of aromatic amines is 1. The molecule has 1 aromatic carbocycles. The van der Waals surface area contributed by atoms with Crippen LogP contribution in [-0.2, 0) is 16.3 Å². The van der Waals surface area contributed by atoms with Gasteiger partial charge in [0.15, 0.2) is 5.16 Å². The quantitative estimate of drug-likeness (QED) is 0.595. The molecule has 3 rings (SSSR count). The number of hydrogen-bond acceptors (Lipinski definition) is 6. The number of anilines is 1. The second kappa shape index (κ2) is 7.97. The third-order valence-electron chi connectivity index (χ3n) is 3.66. The number of nitrogens with zero attached hydrogens (tertiary/aromatic N) is 1. The summed E-state index contributed by atoms with van der Waals surface area (Å²) in [7, 11) is 0. The van der Waals surface area contributed by atoms with Crippen LogP contribution in [0.2, 0.25) is 0 Å². The van der Waals surface area contributed by atoms with Gasteiger partial charge in [-0.25, -0.2) is 4.98 Å². The first-order chi connectivity index (χ1) is 12.1. The second-order valence-electron chi connectivity index (χ2n) is 5.50. The third kappa shape index (κ3) is 4.38. The lowest BCUT2D eigenvalue weighted by Crippen LogP contribution is -2.23. The van der Waals surface area contributed by atoms with Gasteiger partial charge in [0.25, 0.3) is 5.56 Å². The first-order valence-electron chi connectivity index (χ1n) is 7.97. The Bertz CT molecular complexity index is 821. The lowest BCUT2D eigenvalue weighted by molar-refractivity contribution is -0.115. The second-order valence-corrected chi connectivity index (χ2v) is 7.81. The number of hydrogen-bond donors (Lipinski definition) is 2. The molecular formula is C17H19N3O3S2. The lowest BCUT2D eigenvalue weighted by Gasteiger charge is -2.12. The minimum Gasteiger partial charge on any atom is -0.494 e. The molecule has 0 saturated heterocycles. The summed E-state index contributed by atoms with van der Waals surface area (Å²) in [5, 5.41) is 2.96. The van der Waals surface area contributed by atoms with Crippen molar-refractivity contribution in [1.82, 2.24) is 9.97 Å². The van der Waals surface area contributed by atoms with Crippen LogP contribution in [0.1, 0.15) is 25.1 Å². The first kappa shape index (κ1) is 17.9. The van der Waals surface area contributed by atoms with E-state index in [1.54, 1.807) is 30.8 Å². The van der Waals surface area contributed by atoms with Gasteiger partial charge in [0.05, 0.1) is 17.6 Å². The molecular weight excluding hydrogens is 358 g/mol. The molecule has 1 amide bonds. The van der Waals surface area contributed by atoms with Gasteiger partial charge >= 0.3 is 0 Å². The van der Waals surface area contributed by atoms with Gasteiger partial charge in [-0.1, -0.05) is 11.8 Å². The van der Waals surface area contributed by atoms with E-state index in [0.29, 0.717) is 23.2 Å². The molecule has 1 aliphatic rings. The Labute approximate surface area is 154 Å². The summed E-state index contributed by atoms with van der Waals surface area (Å²) in [6, 6.07) is 7.22. The molecule has 1 aromatic heterocycles. The minimum atomic E-state index is -0.387. The fourth-order valence-electron chi connectivity index (χ4n) is 2.36. The molecule has 0 spiro atoms. The maximum absolute atomic E-state index is 12.4.